The molecule has 262 valence electrons. The maximum atomic E-state index is 13.9. The zero-order valence-electron chi connectivity index (χ0n) is 29.0. The number of carboxylic acids is 1. The van der Waals surface area contributed by atoms with Crippen LogP contribution in [0.4, 0.5) is 5.69 Å². The Labute approximate surface area is 277 Å². The summed E-state index contributed by atoms with van der Waals surface area (Å²) in [4.78, 5) is 53.3. The molecule has 0 bridgehead atoms. The summed E-state index contributed by atoms with van der Waals surface area (Å²) in [5.74, 6) is -4.13. The fourth-order valence-electron chi connectivity index (χ4n) is 4.59. The Bertz CT molecular complexity index is 1540. The molecule has 13 nitrogen and oxygen atoms in total. The van der Waals surface area contributed by atoms with Crippen molar-refractivity contribution >= 4 is 50.2 Å². The van der Waals surface area contributed by atoms with E-state index < -0.39 is 69.0 Å². The van der Waals surface area contributed by atoms with E-state index in [0.717, 1.165) is 5.69 Å². The van der Waals surface area contributed by atoms with Gasteiger partial charge < -0.3 is 30.1 Å². The number of hydrogen-bond donors (Lipinski definition) is 4. The van der Waals surface area contributed by atoms with E-state index in [0.29, 0.717) is 10.8 Å². The molecule has 0 spiro atoms. The van der Waals surface area contributed by atoms with Crippen LogP contribution in [0.2, 0.25) is 0 Å². The molecule has 14 heteroatoms. The molecule has 0 saturated carbocycles. The van der Waals surface area contributed by atoms with Gasteiger partial charge in [-0.05, 0) is 66.0 Å². The number of rotatable bonds is 15. The lowest BCUT2D eigenvalue weighted by Crippen LogP contribution is -2.58. The van der Waals surface area contributed by atoms with Crippen LogP contribution in [0, 0.1) is 5.92 Å². The fraction of sp³-hybridized carbons (Fsp3) is 0.576. The fourth-order valence-corrected chi connectivity index (χ4v) is 6.05. The van der Waals surface area contributed by atoms with Crippen molar-refractivity contribution in [2.24, 2.45) is 5.92 Å². The Morgan fingerprint density at radius 3 is 1.96 bits per heavy atom. The summed E-state index contributed by atoms with van der Waals surface area (Å²) in [6.45, 7) is 13.2. The van der Waals surface area contributed by atoms with E-state index in [-0.39, 0.29) is 24.3 Å². The molecule has 4 N–H and O–H groups in total. The van der Waals surface area contributed by atoms with Crippen molar-refractivity contribution in [2.45, 2.75) is 102 Å². The molecule has 0 aliphatic rings. The van der Waals surface area contributed by atoms with Crippen molar-refractivity contribution in [3.63, 3.8) is 0 Å². The lowest BCUT2D eigenvalue weighted by Gasteiger charge is -2.28. The standard InChI is InChI=1S/C33H50N4O9S/c1-20(2)28(31(41)42)35-30(40)24(19-45-32(3,4)5)34-29(39)23(17-18-27(38)46-33(6,7)8)36-47(43,44)26-16-12-13-21-22(26)14-11-15-25(21)37(9)10/h11-16,20,23-24,28,36H,17-19H2,1-10H3,(H,34,39)(H,35,40)(H,41,42)/t23-,24-,28-/m0/s1. The van der Waals surface area contributed by atoms with Crippen LogP contribution in [0.25, 0.3) is 10.8 Å². The van der Waals surface area contributed by atoms with Crippen molar-refractivity contribution in [3.8, 4) is 0 Å². The average molecular weight is 679 g/mol. The van der Waals surface area contributed by atoms with Crippen molar-refractivity contribution in [1.29, 1.82) is 0 Å². The minimum absolute atomic E-state index is 0.0830. The Hall–Kier alpha value is -3.75. The lowest BCUT2D eigenvalue weighted by molar-refractivity contribution is -0.155. The number of benzene rings is 2. The smallest absolute Gasteiger partial charge is 0.326 e. The van der Waals surface area contributed by atoms with Crippen LogP contribution in [0.5, 0.6) is 0 Å². The molecule has 0 radical (unpaired) electrons. The quantitative estimate of drug-likeness (QED) is 0.204. The van der Waals surface area contributed by atoms with Gasteiger partial charge in [-0.15, -0.1) is 0 Å². The number of carbonyl (C=O) groups is 4. The van der Waals surface area contributed by atoms with Crippen LogP contribution in [0.1, 0.15) is 68.2 Å². The van der Waals surface area contributed by atoms with Gasteiger partial charge in [0.05, 0.1) is 17.1 Å². The number of sulfonamides is 1. The largest absolute Gasteiger partial charge is 0.480 e. The van der Waals surface area contributed by atoms with E-state index in [2.05, 4.69) is 15.4 Å². The molecule has 0 saturated heterocycles. The number of esters is 1. The highest BCUT2D eigenvalue weighted by atomic mass is 32.2. The van der Waals surface area contributed by atoms with Gasteiger partial charge in [0.25, 0.3) is 0 Å². The SMILES string of the molecule is CC(C)[C@H](NC(=O)[C@H](COC(C)(C)C)NC(=O)[C@H](CCC(=O)OC(C)(C)C)NS(=O)(=O)c1cccc2c(N(C)C)cccc12)C(=O)O. The first-order valence-corrected chi connectivity index (χ1v) is 16.9. The van der Waals surface area contributed by atoms with Crippen molar-refractivity contribution in [3.05, 3.63) is 36.4 Å². The van der Waals surface area contributed by atoms with E-state index in [1.54, 1.807) is 79.7 Å². The maximum absolute atomic E-state index is 13.9. The summed E-state index contributed by atoms with van der Waals surface area (Å²) in [7, 11) is -0.712. The molecule has 2 amide bonds. The predicted molar refractivity (Wildman–Crippen MR) is 180 cm³/mol. The molecule has 0 aliphatic carbocycles. The van der Waals surface area contributed by atoms with Crippen LogP contribution in [-0.4, -0.2) is 87.3 Å². The first kappa shape index (κ1) is 39.4. The highest BCUT2D eigenvalue weighted by molar-refractivity contribution is 7.89. The van der Waals surface area contributed by atoms with Gasteiger partial charge in [-0.1, -0.05) is 38.1 Å². The van der Waals surface area contributed by atoms with Crippen LogP contribution in [0.3, 0.4) is 0 Å². The third-order valence-corrected chi connectivity index (χ3v) is 8.38. The Morgan fingerprint density at radius 1 is 0.851 bits per heavy atom. The number of nitrogens with zero attached hydrogens (tertiary/aromatic N) is 1. The van der Waals surface area contributed by atoms with Crippen LogP contribution in [0.15, 0.2) is 41.3 Å². The number of ether oxygens (including phenoxy) is 2. The number of nitrogens with one attached hydrogen (secondary N) is 3. The molecular weight excluding hydrogens is 628 g/mol. The molecule has 2 rings (SSSR count). The zero-order chi connectivity index (χ0) is 35.9. The number of fused-ring (bicyclic) bond motifs is 1. The number of carboxylic acid groups (broad SMARTS) is 1. The normalized spacial score (nSPS) is 14.3. The second kappa shape index (κ2) is 15.9. The van der Waals surface area contributed by atoms with Crippen LogP contribution >= 0.6 is 0 Å². The van der Waals surface area contributed by atoms with Crippen molar-refractivity contribution in [1.82, 2.24) is 15.4 Å². The summed E-state index contributed by atoms with van der Waals surface area (Å²) in [5, 5.41) is 15.7. The second-order valence-corrected chi connectivity index (χ2v) is 15.6. The van der Waals surface area contributed by atoms with Gasteiger partial charge in [-0.3, -0.25) is 14.4 Å². The molecule has 0 unspecified atom stereocenters. The molecule has 47 heavy (non-hydrogen) atoms. The van der Waals surface area contributed by atoms with E-state index in [1.807, 2.05) is 25.1 Å². The van der Waals surface area contributed by atoms with Gasteiger partial charge in [0.1, 0.15) is 23.7 Å². The minimum atomic E-state index is -4.38. The van der Waals surface area contributed by atoms with E-state index >= 15 is 0 Å². The van der Waals surface area contributed by atoms with Crippen LogP contribution in [-0.2, 0) is 38.7 Å². The van der Waals surface area contributed by atoms with Gasteiger partial charge in [-0.2, -0.15) is 4.72 Å². The molecule has 2 aromatic carbocycles. The highest BCUT2D eigenvalue weighted by Gasteiger charge is 2.34. The number of anilines is 1. The zero-order valence-corrected chi connectivity index (χ0v) is 29.8. The molecule has 0 aromatic heterocycles. The summed E-state index contributed by atoms with van der Waals surface area (Å²) >= 11 is 0. The number of amides is 2. The van der Waals surface area contributed by atoms with Gasteiger partial charge in [0.2, 0.25) is 21.8 Å². The molecule has 2 aromatic rings. The van der Waals surface area contributed by atoms with E-state index in [9.17, 15) is 32.7 Å². The Balaban J connectivity index is 2.50. The Morgan fingerprint density at radius 2 is 1.43 bits per heavy atom. The molecule has 0 heterocycles. The van der Waals surface area contributed by atoms with Gasteiger partial charge >= 0.3 is 11.9 Å². The first-order valence-electron chi connectivity index (χ1n) is 15.4. The third kappa shape index (κ3) is 12.1. The highest BCUT2D eigenvalue weighted by Crippen LogP contribution is 2.30. The predicted octanol–water partition coefficient (Wildman–Crippen LogP) is 3.20. The van der Waals surface area contributed by atoms with Gasteiger partial charge in [-0.25, -0.2) is 13.2 Å². The molecular formula is C33H50N4O9S. The minimum Gasteiger partial charge on any atom is -0.480 e. The summed E-state index contributed by atoms with van der Waals surface area (Å²) in [5.41, 5.74) is -0.760. The first-order chi connectivity index (χ1) is 21.5. The molecule has 3 atom stereocenters. The van der Waals surface area contributed by atoms with Crippen molar-refractivity contribution in [2.75, 3.05) is 25.6 Å². The van der Waals surface area contributed by atoms with Crippen molar-refractivity contribution < 1.29 is 42.2 Å². The van der Waals surface area contributed by atoms with Gasteiger partial charge in [0, 0.05) is 37.0 Å². The average Bonchev–Trinajstić information content (AvgIpc) is 2.93. The Kier molecular flexibility index (Phi) is 13.3. The van der Waals surface area contributed by atoms with Crippen LogP contribution < -0.4 is 20.3 Å². The lowest BCUT2D eigenvalue weighted by atomic mass is 10.0. The summed E-state index contributed by atoms with van der Waals surface area (Å²) in [6, 6.07) is 5.86. The van der Waals surface area contributed by atoms with E-state index in [4.69, 9.17) is 9.47 Å². The summed E-state index contributed by atoms with van der Waals surface area (Å²) < 4.78 is 41.4. The van der Waals surface area contributed by atoms with E-state index in [1.165, 1.54) is 6.07 Å². The number of carbonyl (C=O) groups excluding carboxylic acids is 3. The molecule has 0 aliphatic heterocycles. The summed E-state index contributed by atoms with van der Waals surface area (Å²) in [6.07, 6.45) is -0.617. The monoisotopic (exact) mass is 678 g/mol. The number of hydrogen-bond acceptors (Lipinski definition) is 9. The maximum Gasteiger partial charge on any atom is 0.326 e. The molecule has 0 fully saturated rings. The third-order valence-electron chi connectivity index (χ3n) is 6.85. The van der Waals surface area contributed by atoms with Gasteiger partial charge in [0.15, 0.2) is 0 Å². The topological polar surface area (TPSA) is 180 Å². The second-order valence-electron chi connectivity index (χ2n) is 13.9. The number of aliphatic carboxylic acids is 1.